The first-order valence-corrected chi connectivity index (χ1v) is 10.4. The lowest BCUT2D eigenvalue weighted by atomic mass is 9.87. The van der Waals surface area contributed by atoms with E-state index < -0.39 is 0 Å². The molecule has 6 heteroatoms. The number of hydrogen-bond donors (Lipinski definition) is 0. The minimum absolute atomic E-state index is 0.0458. The molecule has 0 saturated carbocycles. The summed E-state index contributed by atoms with van der Waals surface area (Å²) >= 11 is 7.81. The Morgan fingerprint density at radius 1 is 1.18 bits per heavy atom. The molecule has 0 aliphatic carbocycles. The maximum atomic E-state index is 12.8. The van der Waals surface area contributed by atoms with Gasteiger partial charge >= 0.3 is 0 Å². The van der Waals surface area contributed by atoms with Crippen molar-refractivity contribution in [2.24, 2.45) is 4.99 Å². The van der Waals surface area contributed by atoms with Crippen molar-refractivity contribution in [1.82, 2.24) is 4.57 Å². The van der Waals surface area contributed by atoms with Crippen molar-refractivity contribution in [2.75, 3.05) is 13.7 Å². The molecule has 3 aromatic rings. The third kappa shape index (κ3) is 4.22. The van der Waals surface area contributed by atoms with E-state index in [0.29, 0.717) is 28.5 Å². The van der Waals surface area contributed by atoms with Gasteiger partial charge in [-0.3, -0.25) is 4.79 Å². The molecule has 2 aromatic carbocycles. The van der Waals surface area contributed by atoms with Crippen molar-refractivity contribution in [1.29, 1.82) is 0 Å². The molecule has 1 heterocycles. The molecule has 0 spiro atoms. The molecule has 0 aliphatic heterocycles. The van der Waals surface area contributed by atoms with Crippen LogP contribution in [0.25, 0.3) is 10.2 Å². The van der Waals surface area contributed by atoms with Crippen LogP contribution in [0, 0.1) is 6.92 Å². The van der Waals surface area contributed by atoms with E-state index >= 15 is 0 Å². The number of thiazole rings is 1. The third-order valence-electron chi connectivity index (χ3n) is 4.74. The predicted octanol–water partition coefficient (Wildman–Crippen LogP) is 5.35. The second-order valence-corrected chi connectivity index (χ2v) is 9.21. The van der Waals surface area contributed by atoms with E-state index in [1.54, 1.807) is 7.11 Å². The summed E-state index contributed by atoms with van der Waals surface area (Å²) in [6.45, 7) is 9.57. The molecule has 0 radical (unpaired) electrons. The molecule has 0 aliphatic rings. The Labute approximate surface area is 174 Å². The summed E-state index contributed by atoms with van der Waals surface area (Å²) in [6.07, 6.45) is 0. The van der Waals surface area contributed by atoms with Crippen molar-refractivity contribution >= 4 is 39.1 Å². The van der Waals surface area contributed by atoms with Crippen molar-refractivity contribution in [3.05, 3.63) is 62.9 Å². The molecule has 28 heavy (non-hydrogen) atoms. The van der Waals surface area contributed by atoms with Gasteiger partial charge in [0.1, 0.15) is 0 Å². The largest absolute Gasteiger partial charge is 0.383 e. The smallest absolute Gasteiger partial charge is 0.279 e. The highest BCUT2D eigenvalue weighted by Crippen LogP contribution is 2.27. The Hall–Kier alpha value is -1.95. The maximum absolute atomic E-state index is 12.8. The minimum atomic E-state index is -0.248. The van der Waals surface area contributed by atoms with Gasteiger partial charge in [-0.15, -0.1) is 0 Å². The normalized spacial score (nSPS) is 12.7. The molecule has 148 valence electrons. The SMILES string of the molecule is COCCn1c(=NC(=O)c2ccc(C(C)(C)C)cc2)sc2ccc(Cl)c(C)c21. The van der Waals surface area contributed by atoms with E-state index in [-0.39, 0.29) is 11.3 Å². The number of amides is 1. The molecule has 0 unspecified atom stereocenters. The topological polar surface area (TPSA) is 43.6 Å². The highest BCUT2D eigenvalue weighted by Gasteiger charge is 2.15. The number of nitrogens with zero attached hydrogens (tertiary/aromatic N) is 2. The van der Waals surface area contributed by atoms with Crippen molar-refractivity contribution in [3.8, 4) is 0 Å². The fourth-order valence-electron chi connectivity index (χ4n) is 3.06. The number of hydrogen-bond acceptors (Lipinski definition) is 3. The van der Waals surface area contributed by atoms with Gasteiger partial charge in [0.05, 0.1) is 16.8 Å². The van der Waals surface area contributed by atoms with Gasteiger partial charge in [-0.05, 0) is 47.7 Å². The molecule has 4 nitrogen and oxygen atoms in total. The van der Waals surface area contributed by atoms with Crippen LogP contribution in [0.4, 0.5) is 0 Å². The zero-order valence-corrected chi connectivity index (χ0v) is 18.4. The van der Waals surface area contributed by atoms with Crippen LogP contribution >= 0.6 is 22.9 Å². The van der Waals surface area contributed by atoms with Gasteiger partial charge in [-0.2, -0.15) is 4.99 Å². The van der Waals surface area contributed by atoms with Crippen LogP contribution in [-0.2, 0) is 16.7 Å². The van der Waals surface area contributed by atoms with Gasteiger partial charge in [-0.1, -0.05) is 55.8 Å². The number of methoxy groups -OCH3 is 1. The molecule has 0 N–H and O–H groups in total. The van der Waals surface area contributed by atoms with Gasteiger partial charge in [0.15, 0.2) is 4.80 Å². The number of benzene rings is 2. The second-order valence-electron chi connectivity index (χ2n) is 7.79. The summed E-state index contributed by atoms with van der Waals surface area (Å²) in [4.78, 5) is 17.9. The molecule has 0 saturated heterocycles. The summed E-state index contributed by atoms with van der Waals surface area (Å²) in [5.74, 6) is -0.248. The molecule has 1 amide bonds. The quantitative estimate of drug-likeness (QED) is 0.575. The van der Waals surface area contributed by atoms with E-state index in [1.165, 1.54) is 16.9 Å². The van der Waals surface area contributed by atoms with E-state index in [1.807, 2.05) is 47.9 Å². The van der Waals surface area contributed by atoms with Crippen molar-refractivity contribution in [2.45, 2.75) is 39.7 Å². The highest BCUT2D eigenvalue weighted by atomic mass is 35.5. The third-order valence-corrected chi connectivity index (χ3v) is 6.20. The number of halogens is 1. The summed E-state index contributed by atoms with van der Waals surface area (Å²) in [7, 11) is 1.66. The number of ether oxygens (including phenoxy) is 1. The van der Waals surface area contributed by atoms with E-state index in [9.17, 15) is 4.79 Å². The summed E-state index contributed by atoms with van der Waals surface area (Å²) in [5.41, 5.74) is 3.80. The first-order valence-electron chi connectivity index (χ1n) is 9.19. The molecule has 0 atom stereocenters. The predicted molar refractivity (Wildman–Crippen MR) is 116 cm³/mol. The second kappa shape index (κ2) is 8.19. The first kappa shape index (κ1) is 20.8. The van der Waals surface area contributed by atoms with Crippen LogP contribution in [0.1, 0.15) is 42.3 Å². The van der Waals surface area contributed by atoms with Gasteiger partial charge in [0.2, 0.25) is 0 Å². The minimum Gasteiger partial charge on any atom is -0.383 e. The van der Waals surface area contributed by atoms with Crippen LogP contribution in [-0.4, -0.2) is 24.2 Å². The Balaban J connectivity index is 2.07. The van der Waals surface area contributed by atoms with E-state index in [0.717, 1.165) is 15.8 Å². The lowest BCUT2D eigenvalue weighted by molar-refractivity contribution is 0.0997. The molecule has 0 fully saturated rings. The number of carbonyl (C=O) groups excluding carboxylic acids is 1. The Kier molecular flexibility index (Phi) is 6.08. The molecule has 3 rings (SSSR count). The summed E-state index contributed by atoms with van der Waals surface area (Å²) in [5, 5.41) is 0.701. The Bertz CT molecular complexity index is 1070. The van der Waals surface area contributed by atoms with Crippen LogP contribution < -0.4 is 4.80 Å². The zero-order chi connectivity index (χ0) is 20.5. The van der Waals surface area contributed by atoms with Gasteiger partial charge < -0.3 is 9.30 Å². The summed E-state index contributed by atoms with van der Waals surface area (Å²) < 4.78 is 8.32. The standard InChI is InChI=1S/C22H25ClN2O2S/c1-14-17(23)10-11-18-19(14)25(12-13-27-5)21(28-18)24-20(26)15-6-8-16(9-7-15)22(2,3)4/h6-11H,12-13H2,1-5H3. The number of aromatic nitrogens is 1. The lowest BCUT2D eigenvalue weighted by Gasteiger charge is -2.18. The molecular formula is C22H25ClN2O2S. The van der Waals surface area contributed by atoms with Crippen LogP contribution in [0.15, 0.2) is 41.4 Å². The van der Waals surface area contributed by atoms with Gasteiger partial charge in [0, 0.05) is 24.2 Å². The lowest BCUT2D eigenvalue weighted by Crippen LogP contribution is -2.20. The van der Waals surface area contributed by atoms with Crippen LogP contribution in [0.3, 0.4) is 0 Å². The first-order chi connectivity index (χ1) is 13.2. The zero-order valence-electron chi connectivity index (χ0n) is 16.9. The number of carbonyl (C=O) groups is 1. The van der Waals surface area contributed by atoms with Crippen LogP contribution in [0.2, 0.25) is 5.02 Å². The summed E-state index contributed by atoms with van der Waals surface area (Å²) in [6, 6.07) is 11.5. The fraction of sp³-hybridized carbons (Fsp3) is 0.364. The van der Waals surface area contributed by atoms with Gasteiger partial charge in [-0.25, -0.2) is 0 Å². The van der Waals surface area contributed by atoms with Gasteiger partial charge in [0.25, 0.3) is 5.91 Å². The van der Waals surface area contributed by atoms with E-state index in [4.69, 9.17) is 16.3 Å². The number of aryl methyl sites for hydroxylation is 1. The van der Waals surface area contributed by atoms with E-state index in [2.05, 4.69) is 25.8 Å². The molecule has 1 aromatic heterocycles. The van der Waals surface area contributed by atoms with Crippen molar-refractivity contribution in [3.63, 3.8) is 0 Å². The average molecular weight is 417 g/mol. The monoisotopic (exact) mass is 416 g/mol. The van der Waals surface area contributed by atoms with Crippen molar-refractivity contribution < 1.29 is 9.53 Å². The van der Waals surface area contributed by atoms with Crippen LogP contribution in [0.5, 0.6) is 0 Å². The highest BCUT2D eigenvalue weighted by molar-refractivity contribution is 7.16. The maximum Gasteiger partial charge on any atom is 0.279 e. The average Bonchev–Trinajstić information content (AvgIpc) is 3.00. The number of rotatable bonds is 4. The fourth-order valence-corrected chi connectivity index (χ4v) is 4.32. The Morgan fingerprint density at radius 3 is 2.46 bits per heavy atom. The molecule has 0 bridgehead atoms. The Morgan fingerprint density at radius 2 is 1.86 bits per heavy atom. The number of fused-ring (bicyclic) bond motifs is 1. The molecular weight excluding hydrogens is 392 g/mol.